The van der Waals surface area contributed by atoms with Crippen molar-refractivity contribution >= 4 is 0 Å². The molecule has 2 aliphatic heterocycles. The molecule has 118 valence electrons. The maximum atomic E-state index is 6.25. The minimum atomic E-state index is -0.101. The average Bonchev–Trinajstić information content (AvgIpc) is 2.29. The highest BCUT2D eigenvalue weighted by atomic mass is 16.5. The summed E-state index contributed by atoms with van der Waals surface area (Å²) in [4.78, 5) is 5.07. The molecule has 2 aliphatic rings. The number of nitrogens with two attached hydrogens (primary N) is 1. The summed E-state index contributed by atoms with van der Waals surface area (Å²) in [7, 11) is 2.22. The monoisotopic (exact) mass is 283 g/mol. The van der Waals surface area contributed by atoms with Gasteiger partial charge in [0.15, 0.2) is 0 Å². The molecule has 0 aliphatic carbocycles. The van der Waals surface area contributed by atoms with E-state index in [4.69, 9.17) is 10.5 Å². The first-order valence-corrected chi connectivity index (χ1v) is 7.95. The fourth-order valence-electron chi connectivity index (χ4n) is 4.14. The first-order chi connectivity index (χ1) is 9.09. The Balaban J connectivity index is 2.22. The van der Waals surface area contributed by atoms with Crippen LogP contribution in [-0.2, 0) is 4.74 Å². The van der Waals surface area contributed by atoms with E-state index in [9.17, 15) is 0 Å². The second-order valence-electron chi connectivity index (χ2n) is 8.19. The number of hydrogen-bond donors (Lipinski definition) is 1. The molecule has 2 atom stereocenters. The van der Waals surface area contributed by atoms with Crippen molar-refractivity contribution in [2.45, 2.75) is 70.2 Å². The third-order valence-electron chi connectivity index (χ3n) is 5.10. The van der Waals surface area contributed by atoms with Crippen LogP contribution < -0.4 is 5.73 Å². The van der Waals surface area contributed by atoms with Gasteiger partial charge < -0.3 is 15.4 Å². The topological polar surface area (TPSA) is 41.7 Å². The van der Waals surface area contributed by atoms with Gasteiger partial charge in [0.1, 0.15) is 0 Å². The second-order valence-corrected chi connectivity index (χ2v) is 8.19. The summed E-state index contributed by atoms with van der Waals surface area (Å²) in [5.74, 6) is 0. The number of rotatable bonds is 2. The Kier molecular flexibility index (Phi) is 4.25. The van der Waals surface area contributed by atoms with Crippen LogP contribution in [0.25, 0.3) is 0 Å². The van der Waals surface area contributed by atoms with Crippen LogP contribution in [0.15, 0.2) is 0 Å². The van der Waals surface area contributed by atoms with Gasteiger partial charge in [0.2, 0.25) is 0 Å². The zero-order valence-corrected chi connectivity index (χ0v) is 14.2. The second kappa shape index (κ2) is 5.24. The quantitative estimate of drug-likeness (QED) is 0.837. The van der Waals surface area contributed by atoms with Gasteiger partial charge in [-0.2, -0.15) is 0 Å². The molecule has 0 aromatic rings. The zero-order chi connectivity index (χ0) is 15.2. The molecule has 0 aromatic heterocycles. The van der Waals surface area contributed by atoms with Crippen molar-refractivity contribution in [2.24, 2.45) is 5.73 Å². The summed E-state index contributed by atoms with van der Waals surface area (Å²) in [5.41, 5.74) is 6.19. The molecule has 0 spiro atoms. The van der Waals surface area contributed by atoms with Gasteiger partial charge in [-0.25, -0.2) is 0 Å². The minimum absolute atomic E-state index is 0.101. The van der Waals surface area contributed by atoms with Gasteiger partial charge in [0, 0.05) is 31.2 Å². The maximum absolute atomic E-state index is 6.25. The molecular formula is C16H33N3O. The number of morpholine rings is 1. The minimum Gasteiger partial charge on any atom is -0.367 e. The highest BCUT2D eigenvalue weighted by Gasteiger charge is 2.48. The summed E-state index contributed by atoms with van der Waals surface area (Å²) in [6.07, 6.45) is 2.32. The molecule has 0 amide bonds. The molecule has 20 heavy (non-hydrogen) atoms. The Bertz CT molecular complexity index is 340. The predicted molar refractivity (Wildman–Crippen MR) is 83.9 cm³/mol. The Labute approximate surface area is 124 Å². The molecule has 4 heteroatoms. The zero-order valence-electron chi connectivity index (χ0n) is 14.2. The first-order valence-electron chi connectivity index (χ1n) is 7.95. The predicted octanol–water partition coefficient (Wildman–Crippen LogP) is 1.69. The molecule has 2 rings (SSSR count). The number of ether oxygens (including phenoxy) is 1. The van der Waals surface area contributed by atoms with E-state index < -0.39 is 0 Å². The Morgan fingerprint density at radius 3 is 2.15 bits per heavy atom. The van der Waals surface area contributed by atoms with E-state index in [1.807, 2.05) is 0 Å². The molecule has 2 fully saturated rings. The summed E-state index contributed by atoms with van der Waals surface area (Å²) >= 11 is 0. The third kappa shape index (κ3) is 3.19. The number of piperidine rings is 1. The Morgan fingerprint density at radius 2 is 1.70 bits per heavy atom. The molecule has 0 aromatic carbocycles. The van der Waals surface area contributed by atoms with Gasteiger partial charge >= 0.3 is 0 Å². The Morgan fingerprint density at radius 1 is 1.15 bits per heavy atom. The molecule has 0 radical (unpaired) electrons. The van der Waals surface area contributed by atoms with Crippen molar-refractivity contribution in [1.82, 2.24) is 9.80 Å². The number of nitrogens with zero attached hydrogens (tertiary/aromatic N) is 2. The van der Waals surface area contributed by atoms with Crippen LogP contribution in [-0.4, -0.2) is 65.8 Å². The lowest BCUT2D eigenvalue weighted by atomic mass is 9.80. The molecule has 4 nitrogen and oxygen atoms in total. The maximum Gasteiger partial charge on any atom is 0.0761 e. The number of hydrogen-bond acceptors (Lipinski definition) is 4. The van der Waals surface area contributed by atoms with Crippen molar-refractivity contribution in [3.05, 3.63) is 0 Å². The van der Waals surface area contributed by atoms with Gasteiger partial charge in [-0.1, -0.05) is 0 Å². The number of likely N-dealkylation sites (tertiary alicyclic amines) is 1. The lowest BCUT2D eigenvalue weighted by Gasteiger charge is -2.57. The van der Waals surface area contributed by atoms with E-state index >= 15 is 0 Å². The lowest BCUT2D eigenvalue weighted by molar-refractivity contribution is -0.204. The van der Waals surface area contributed by atoms with Crippen LogP contribution in [0, 0.1) is 0 Å². The normalized spacial score (nSPS) is 38.9. The third-order valence-corrected chi connectivity index (χ3v) is 5.10. The summed E-state index contributed by atoms with van der Waals surface area (Å²) in [6, 6.07) is 0.598. The highest BCUT2D eigenvalue weighted by molar-refractivity contribution is 5.03. The van der Waals surface area contributed by atoms with Crippen molar-refractivity contribution in [2.75, 3.05) is 33.2 Å². The van der Waals surface area contributed by atoms with E-state index in [1.54, 1.807) is 0 Å². The largest absolute Gasteiger partial charge is 0.367 e. The Hall–Kier alpha value is -0.160. The van der Waals surface area contributed by atoms with Gasteiger partial charge in [-0.3, -0.25) is 4.90 Å². The van der Waals surface area contributed by atoms with E-state index in [1.165, 1.54) is 0 Å². The molecule has 0 bridgehead atoms. The summed E-state index contributed by atoms with van der Waals surface area (Å²) < 4.78 is 6.23. The molecule has 2 heterocycles. The lowest BCUT2D eigenvalue weighted by Crippen LogP contribution is -2.68. The summed E-state index contributed by atoms with van der Waals surface area (Å²) in [6.45, 7) is 14.9. The van der Waals surface area contributed by atoms with Crippen LogP contribution in [0.1, 0.15) is 47.5 Å². The molecule has 2 unspecified atom stereocenters. The van der Waals surface area contributed by atoms with E-state index in [0.717, 1.165) is 39.0 Å². The van der Waals surface area contributed by atoms with Crippen LogP contribution in [0.4, 0.5) is 0 Å². The van der Waals surface area contributed by atoms with Gasteiger partial charge in [0.25, 0.3) is 0 Å². The fourth-order valence-corrected chi connectivity index (χ4v) is 4.14. The van der Waals surface area contributed by atoms with Gasteiger partial charge in [-0.15, -0.1) is 0 Å². The molecule has 0 saturated carbocycles. The standard InChI is InChI=1S/C16H33N3O/c1-13-9-16(10-17,7-8-18(13)6)19-11-14(2,3)20-15(4,5)12-19/h13H,7-12,17H2,1-6H3. The van der Waals surface area contributed by atoms with Crippen LogP contribution in [0.2, 0.25) is 0 Å². The van der Waals surface area contributed by atoms with E-state index in [-0.39, 0.29) is 16.7 Å². The van der Waals surface area contributed by atoms with Crippen molar-refractivity contribution in [3.8, 4) is 0 Å². The summed E-state index contributed by atoms with van der Waals surface area (Å²) in [5, 5.41) is 0. The average molecular weight is 283 g/mol. The molecular weight excluding hydrogens is 250 g/mol. The van der Waals surface area contributed by atoms with Crippen LogP contribution in [0.5, 0.6) is 0 Å². The first kappa shape index (κ1) is 16.2. The van der Waals surface area contributed by atoms with Crippen molar-refractivity contribution in [3.63, 3.8) is 0 Å². The molecule has 2 N–H and O–H groups in total. The van der Waals surface area contributed by atoms with E-state index in [2.05, 4.69) is 51.5 Å². The SMILES string of the molecule is CC1CC(CN)(N2CC(C)(C)OC(C)(C)C2)CCN1C. The van der Waals surface area contributed by atoms with Gasteiger partial charge in [-0.05, 0) is 61.1 Å². The molecule has 2 saturated heterocycles. The smallest absolute Gasteiger partial charge is 0.0761 e. The van der Waals surface area contributed by atoms with Crippen molar-refractivity contribution in [1.29, 1.82) is 0 Å². The fraction of sp³-hybridized carbons (Fsp3) is 1.00. The van der Waals surface area contributed by atoms with Crippen LogP contribution in [0.3, 0.4) is 0 Å². The highest BCUT2D eigenvalue weighted by Crippen LogP contribution is 2.37. The van der Waals surface area contributed by atoms with Crippen molar-refractivity contribution < 1.29 is 4.74 Å². The van der Waals surface area contributed by atoms with Gasteiger partial charge in [0.05, 0.1) is 11.2 Å². The van der Waals surface area contributed by atoms with Crippen LogP contribution >= 0.6 is 0 Å². The van der Waals surface area contributed by atoms with E-state index in [0.29, 0.717) is 6.04 Å².